The molecule has 2 unspecified atom stereocenters. The zero-order valence-corrected chi connectivity index (χ0v) is 24.2. The van der Waals surface area contributed by atoms with Crippen molar-refractivity contribution in [3.05, 3.63) is 59.4 Å². The van der Waals surface area contributed by atoms with Crippen LogP contribution in [0.4, 0.5) is 23.3 Å². The molecule has 1 amide bonds. The van der Waals surface area contributed by atoms with Crippen LogP contribution in [0.3, 0.4) is 0 Å². The average Bonchev–Trinajstić information content (AvgIpc) is 3.67. The molecule has 2 saturated heterocycles. The van der Waals surface area contributed by atoms with Gasteiger partial charge in [0.25, 0.3) is 5.91 Å². The number of ether oxygens (including phenoxy) is 1. The molecule has 2 fully saturated rings. The van der Waals surface area contributed by atoms with E-state index in [2.05, 4.69) is 30.4 Å². The number of pyridine rings is 1. The van der Waals surface area contributed by atoms with Gasteiger partial charge in [0.05, 0.1) is 29.8 Å². The number of β-amino-alcohol motifs (C(OH)–C–C–N with tert-alkyl or cyclic N) is 1. The molecule has 0 radical (unpaired) electrons. The number of thioether (sulfide) groups is 1. The summed E-state index contributed by atoms with van der Waals surface area (Å²) in [5.41, 5.74) is 3.59. The van der Waals surface area contributed by atoms with Crippen molar-refractivity contribution in [2.24, 2.45) is 0 Å². The Morgan fingerprint density at radius 2 is 2.05 bits per heavy atom. The van der Waals surface area contributed by atoms with Crippen molar-refractivity contribution in [1.29, 1.82) is 0 Å². The van der Waals surface area contributed by atoms with Gasteiger partial charge in [0.1, 0.15) is 17.0 Å². The fourth-order valence-corrected chi connectivity index (χ4v) is 6.48. The van der Waals surface area contributed by atoms with Crippen LogP contribution < -0.4 is 15.5 Å². The lowest BCUT2D eigenvalue weighted by Gasteiger charge is -2.34. The number of aliphatic hydroxyl groups excluding tert-OH is 1. The van der Waals surface area contributed by atoms with Gasteiger partial charge >= 0.3 is 0 Å². The zero-order chi connectivity index (χ0) is 28.3. The molecular formula is C29H36N8O3S. The molecule has 216 valence electrons. The van der Waals surface area contributed by atoms with Crippen LogP contribution in [-0.4, -0.2) is 101 Å². The van der Waals surface area contributed by atoms with Crippen LogP contribution in [0.15, 0.2) is 47.5 Å². The predicted molar refractivity (Wildman–Crippen MR) is 160 cm³/mol. The minimum atomic E-state index is -0.0210. The number of piperazine rings is 1. The van der Waals surface area contributed by atoms with Crippen molar-refractivity contribution < 1.29 is 14.6 Å². The Labute approximate surface area is 244 Å². The number of hydrogen-bond donors (Lipinski definition) is 3. The van der Waals surface area contributed by atoms with Crippen LogP contribution in [-0.2, 0) is 4.74 Å². The van der Waals surface area contributed by atoms with Gasteiger partial charge in [-0.1, -0.05) is 23.9 Å². The van der Waals surface area contributed by atoms with Gasteiger partial charge in [-0.25, -0.2) is 9.97 Å². The number of aliphatic hydroxyl groups is 1. The van der Waals surface area contributed by atoms with Crippen LogP contribution in [0.5, 0.6) is 0 Å². The molecule has 12 heteroatoms. The van der Waals surface area contributed by atoms with E-state index >= 15 is 0 Å². The lowest BCUT2D eigenvalue weighted by molar-refractivity contribution is 0.0711. The van der Waals surface area contributed by atoms with Crippen LogP contribution in [0.1, 0.15) is 33.4 Å². The van der Waals surface area contributed by atoms with E-state index < -0.39 is 0 Å². The third kappa shape index (κ3) is 6.25. The van der Waals surface area contributed by atoms with Gasteiger partial charge in [-0.05, 0) is 31.0 Å². The molecule has 0 saturated carbocycles. The predicted octanol–water partition coefficient (Wildman–Crippen LogP) is 3.12. The monoisotopic (exact) mass is 576 g/mol. The number of benzene rings is 1. The van der Waals surface area contributed by atoms with Gasteiger partial charge in [0.15, 0.2) is 0 Å². The third-order valence-corrected chi connectivity index (χ3v) is 8.98. The number of anilines is 4. The summed E-state index contributed by atoms with van der Waals surface area (Å²) in [5.74, 6) is 2.11. The van der Waals surface area contributed by atoms with Gasteiger partial charge in [0, 0.05) is 76.0 Å². The van der Waals surface area contributed by atoms with E-state index in [0.29, 0.717) is 42.9 Å². The van der Waals surface area contributed by atoms with Crippen molar-refractivity contribution >= 4 is 40.9 Å². The number of carbonyl (C=O) groups excluding carboxylic acids is 1. The van der Waals surface area contributed by atoms with Gasteiger partial charge in [-0.15, -0.1) is 0 Å². The molecule has 41 heavy (non-hydrogen) atoms. The smallest absolute Gasteiger partial charge is 0.253 e. The number of rotatable bonds is 8. The second-order valence-corrected chi connectivity index (χ2v) is 11.8. The topological polar surface area (TPSA) is 119 Å². The second-order valence-electron chi connectivity index (χ2n) is 10.6. The molecule has 0 aliphatic carbocycles. The number of amides is 1. The van der Waals surface area contributed by atoms with Crippen molar-refractivity contribution in [2.45, 2.75) is 29.7 Å². The van der Waals surface area contributed by atoms with E-state index in [9.17, 15) is 9.90 Å². The molecule has 2 aromatic heterocycles. The molecule has 3 aromatic rings. The van der Waals surface area contributed by atoms with Crippen molar-refractivity contribution in [3.63, 3.8) is 0 Å². The number of likely N-dealkylation sites (N-methyl/N-ethyl adjacent to an activating group) is 1. The third-order valence-electron chi connectivity index (χ3n) is 7.78. The Morgan fingerprint density at radius 3 is 2.83 bits per heavy atom. The fraction of sp³-hybridized carbons (Fsp3) is 0.448. The number of aryl methyl sites for hydroxylation is 1. The molecule has 0 bridgehead atoms. The summed E-state index contributed by atoms with van der Waals surface area (Å²) in [4.78, 5) is 34.5. The maximum absolute atomic E-state index is 13.1. The Balaban J connectivity index is 1.12. The number of aromatic nitrogens is 3. The number of fused-ring (bicyclic) bond motifs is 1. The summed E-state index contributed by atoms with van der Waals surface area (Å²) >= 11 is 1.69. The molecule has 0 spiro atoms. The first kappa shape index (κ1) is 27.7. The lowest BCUT2D eigenvalue weighted by Crippen LogP contribution is -2.47. The summed E-state index contributed by atoms with van der Waals surface area (Å²) < 4.78 is 5.47. The number of carbonyl (C=O) groups is 1. The Kier molecular flexibility index (Phi) is 8.24. The van der Waals surface area contributed by atoms with Crippen LogP contribution in [0.2, 0.25) is 0 Å². The molecule has 3 aliphatic heterocycles. The van der Waals surface area contributed by atoms with Crippen molar-refractivity contribution in [2.75, 3.05) is 75.1 Å². The van der Waals surface area contributed by atoms with Crippen LogP contribution in [0.25, 0.3) is 0 Å². The summed E-state index contributed by atoms with van der Waals surface area (Å²) in [6, 6.07) is 11.9. The summed E-state index contributed by atoms with van der Waals surface area (Å²) in [7, 11) is 1.86. The largest absolute Gasteiger partial charge is 0.395 e. The normalized spacial score (nSPS) is 20.5. The second kappa shape index (κ2) is 12.2. The highest BCUT2D eigenvalue weighted by atomic mass is 32.2. The Hall–Kier alpha value is -3.45. The van der Waals surface area contributed by atoms with E-state index in [0.717, 1.165) is 54.4 Å². The highest BCUT2D eigenvalue weighted by Crippen LogP contribution is 2.47. The molecule has 6 rings (SSSR count). The van der Waals surface area contributed by atoms with E-state index in [-0.39, 0.29) is 23.9 Å². The molecule has 3 N–H and O–H groups in total. The molecule has 11 nitrogen and oxygen atoms in total. The van der Waals surface area contributed by atoms with Gasteiger partial charge in [-0.3, -0.25) is 9.69 Å². The quantitative estimate of drug-likeness (QED) is 0.367. The number of nitrogens with one attached hydrogen (secondary N) is 2. The zero-order valence-electron chi connectivity index (χ0n) is 23.4. The minimum Gasteiger partial charge on any atom is -0.395 e. The first-order chi connectivity index (χ1) is 20.0. The fourth-order valence-electron chi connectivity index (χ4n) is 5.40. The molecule has 2 atom stereocenters. The minimum absolute atomic E-state index is 0.0163. The average molecular weight is 577 g/mol. The highest BCUT2D eigenvalue weighted by molar-refractivity contribution is 8.00. The molecule has 5 heterocycles. The van der Waals surface area contributed by atoms with E-state index in [4.69, 9.17) is 9.72 Å². The van der Waals surface area contributed by atoms with Gasteiger partial charge in [-0.2, -0.15) is 4.98 Å². The molecule has 3 aliphatic rings. The SMILES string of the molecule is Cc1cc(Nc2cc3c(cn2)SC(c2cccc(C(=O)N(C)C4CCOC4)c2)N3)nc(N2CCN(CCO)CC2)n1. The number of hydrogen-bond acceptors (Lipinski definition) is 11. The van der Waals surface area contributed by atoms with E-state index in [1.54, 1.807) is 16.7 Å². The lowest BCUT2D eigenvalue weighted by atomic mass is 10.1. The Bertz CT molecular complexity index is 1390. The summed E-state index contributed by atoms with van der Waals surface area (Å²) in [6.45, 7) is 7.54. The van der Waals surface area contributed by atoms with Crippen LogP contribution in [0, 0.1) is 6.92 Å². The maximum atomic E-state index is 13.1. The molecule has 1 aromatic carbocycles. The highest BCUT2D eigenvalue weighted by Gasteiger charge is 2.28. The number of nitrogens with zero attached hydrogens (tertiary/aromatic N) is 6. The maximum Gasteiger partial charge on any atom is 0.253 e. The molecular weight excluding hydrogens is 540 g/mol. The van der Waals surface area contributed by atoms with Gasteiger partial charge in [0.2, 0.25) is 5.95 Å². The first-order valence-corrected chi connectivity index (χ1v) is 14.9. The van der Waals surface area contributed by atoms with E-state index in [1.165, 1.54) is 0 Å². The van der Waals surface area contributed by atoms with Crippen molar-refractivity contribution in [3.8, 4) is 0 Å². The van der Waals surface area contributed by atoms with Gasteiger partial charge < -0.3 is 30.3 Å². The van der Waals surface area contributed by atoms with Crippen LogP contribution >= 0.6 is 11.8 Å². The standard InChI is InChI=1S/C29H36N8O3S/c1-19-14-26(34-29(31-19)37-9-7-36(8-10-37)11-12-38)33-25-16-23-24(17-30-25)41-27(32-23)20-4-3-5-21(15-20)28(39)35(2)22-6-13-40-18-22/h3-5,14-17,22,27,32,38H,6-13,18H2,1-2H3,(H,30,31,33,34). The summed E-state index contributed by atoms with van der Waals surface area (Å²) in [5, 5.41) is 16.1. The van der Waals surface area contributed by atoms with E-state index in [1.807, 2.05) is 56.6 Å². The first-order valence-electron chi connectivity index (χ1n) is 14.1. The van der Waals surface area contributed by atoms with Crippen molar-refractivity contribution in [1.82, 2.24) is 24.8 Å². The summed E-state index contributed by atoms with van der Waals surface area (Å²) in [6.07, 6.45) is 2.74. The Morgan fingerprint density at radius 1 is 1.20 bits per heavy atom.